The number of hydrogen-bond donors (Lipinski definition) is 2. The Balaban J connectivity index is 1.49. The van der Waals surface area contributed by atoms with Crippen LogP contribution in [0.4, 0.5) is 0 Å². The van der Waals surface area contributed by atoms with E-state index in [4.69, 9.17) is 9.47 Å². The first-order valence-corrected chi connectivity index (χ1v) is 18.1. The van der Waals surface area contributed by atoms with E-state index in [9.17, 15) is 14.4 Å². The predicted molar refractivity (Wildman–Crippen MR) is 175 cm³/mol. The molecule has 0 saturated heterocycles. The topological polar surface area (TPSA) is 93.7 Å². The maximum atomic E-state index is 12.3. The molecule has 4 aliphatic rings. The van der Waals surface area contributed by atoms with Gasteiger partial charge in [0, 0.05) is 31.5 Å². The summed E-state index contributed by atoms with van der Waals surface area (Å²) in [5, 5.41) is 7.66. The fourth-order valence-corrected chi connectivity index (χ4v) is 10.9. The third-order valence-corrected chi connectivity index (χ3v) is 13.3. The normalized spacial score (nSPS) is 37.0. The van der Waals surface area contributed by atoms with E-state index in [2.05, 4.69) is 45.3 Å². The SMILES string of the molecule is COC(=O)CCCN[C@@H]1CC[C@]2(C)C3CC[C@@]4(C)C(CC[C@@H]4[C@H](C)CCCC(C)C)C3[C@H](NCCC(=O)C(=O)OC)C[C@H]2C1. The maximum absolute atomic E-state index is 12.3. The minimum Gasteiger partial charge on any atom is -0.469 e. The summed E-state index contributed by atoms with van der Waals surface area (Å²) in [7, 11) is 2.74. The van der Waals surface area contributed by atoms with Crippen molar-refractivity contribution in [2.75, 3.05) is 27.3 Å². The summed E-state index contributed by atoms with van der Waals surface area (Å²) in [4.78, 5) is 35.7. The van der Waals surface area contributed by atoms with E-state index < -0.39 is 11.8 Å². The quantitative estimate of drug-likeness (QED) is 0.120. The van der Waals surface area contributed by atoms with E-state index in [-0.39, 0.29) is 12.4 Å². The Hall–Kier alpha value is -1.47. The van der Waals surface area contributed by atoms with E-state index in [1.165, 1.54) is 78.4 Å². The van der Waals surface area contributed by atoms with E-state index in [1.54, 1.807) is 0 Å². The van der Waals surface area contributed by atoms with Gasteiger partial charge in [-0.2, -0.15) is 0 Å². The highest BCUT2D eigenvalue weighted by atomic mass is 16.5. The van der Waals surface area contributed by atoms with E-state index >= 15 is 0 Å². The molecular weight excluding hydrogens is 552 g/mol. The Morgan fingerprint density at radius 3 is 2.23 bits per heavy atom. The molecule has 0 heterocycles. The molecule has 0 radical (unpaired) electrons. The van der Waals surface area contributed by atoms with Crippen molar-refractivity contribution in [1.82, 2.24) is 10.6 Å². The van der Waals surface area contributed by atoms with Gasteiger partial charge < -0.3 is 20.1 Å². The maximum Gasteiger partial charge on any atom is 0.374 e. The van der Waals surface area contributed by atoms with Gasteiger partial charge in [-0.25, -0.2) is 4.79 Å². The predicted octanol–water partition coefficient (Wildman–Crippen LogP) is 6.72. The summed E-state index contributed by atoms with van der Waals surface area (Å²) in [5.74, 6) is 3.73. The number of Topliss-reactive ketones (excluding diaryl/α,β-unsaturated/α-hetero) is 1. The van der Waals surface area contributed by atoms with Gasteiger partial charge in [0.1, 0.15) is 0 Å². The molecule has 0 amide bonds. The zero-order valence-corrected chi connectivity index (χ0v) is 29.1. The second kappa shape index (κ2) is 15.4. The van der Waals surface area contributed by atoms with E-state index in [1.807, 2.05) is 0 Å². The zero-order valence-electron chi connectivity index (χ0n) is 29.1. The lowest BCUT2D eigenvalue weighted by molar-refractivity contribution is -0.151. The van der Waals surface area contributed by atoms with Crippen LogP contribution in [-0.4, -0.2) is 57.1 Å². The molecule has 0 aromatic rings. The zero-order chi connectivity index (χ0) is 32.1. The van der Waals surface area contributed by atoms with Crippen molar-refractivity contribution in [3.05, 3.63) is 0 Å². The molecule has 3 unspecified atom stereocenters. The van der Waals surface area contributed by atoms with Gasteiger partial charge in [-0.15, -0.1) is 0 Å². The van der Waals surface area contributed by atoms with Crippen LogP contribution >= 0.6 is 0 Å². The van der Waals surface area contributed by atoms with Crippen molar-refractivity contribution in [3.63, 3.8) is 0 Å². The van der Waals surface area contributed by atoms with Gasteiger partial charge >= 0.3 is 11.9 Å². The standard InChI is InChI=1S/C37H64N2O5/c1-24(2)10-8-11-25(3)28-13-14-29-34-30(16-19-37(28,29)5)36(4)18-15-27(38-20-9-12-33(41)43-6)22-26(36)23-31(34)39-21-17-32(40)35(42)44-7/h24-31,34,38-39H,8-23H2,1-7H3/t25-,26-,27-,28-,29?,30?,31-,34?,36+,37-/m1/s1. The molecule has 4 rings (SSSR count). The highest BCUT2D eigenvalue weighted by molar-refractivity contribution is 6.33. The van der Waals surface area contributed by atoms with Gasteiger partial charge in [0.15, 0.2) is 0 Å². The van der Waals surface area contributed by atoms with E-state index in [0.29, 0.717) is 53.6 Å². The molecule has 7 heteroatoms. The number of ketones is 1. The number of rotatable bonds is 15. The Kier molecular flexibility index (Phi) is 12.4. The van der Waals surface area contributed by atoms with Crippen LogP contribution in [0.1, 0.15) is 125 Å². The number of nitrogens with one attached hydrogen (secondary N) is 2. The number of carbonyl (C=O) groups excluding carboxylic acids is 3. The molecule has 7 nitrogen and oxygen atoms in total. The summed E-state index contributed by atoms with van der Waals surface area (Å²) < 4.78 is 9.51. The second-order valence-electron chi connectivity index (χ2n) is 16.1. The molecule has 0 aromatic carbocycles. The fraction of sp³-hybridized carbons (Fsp3) is 0.919. The van der Waals surface area contributed by atoms with Crippen molar-refractivity contribution in [3.8, 4) is 0 Å². The van der Waals surface area contributed by atoms with E-state index in [0.717, 1.165) is 43.1 Å². The molecular formula is C37H64N2O5. The summed E-state index contributed by atoms with van der Waals surface area (Å²) in [6.45, 7) is 13.9. The van der Waals surface area contributed by atoms with Crippen molar-refractivity contribution in [2.45, 2.75) is 137 Å². The second-order valence-corrected chi connectivity index (χ2v) is 16.1. The summed E-state index contributed by atoms with van der Waals surface area (Å²) in [6.07, 6.45) is 15.7. The summed E-state index contributed by atoms with van der Waals surface area (Å²) in [5.41, 5.74) is 0.735. The van der Waals surface area contributed by atoms with Crippen LogP contribution in [0, 0.1) is 52.3 Å². The van der Waals surface area contributed by atoms with Gasteiger partial charge in [-0.05, 0) is 117 Å². The summed E-state index contributed by atoms with van der Waals surface area (Å²) in [6, 6.07) is 0.862. The van der Waals surface area contributed by atoms with Crippen LogP contribution < -0.4 is 10.6 Å². The lowest BCUT2D eigenvalue weighted by Gasteiger charge is -2.63. The lowest BCUT2D eigenvalue weighted by atomic mass is 9.43. The first-order valence-electron chi connectivity index (χ1n) is 18.1. The van der Waals surface area contributed by atoms with Gasteiger partial charge in [0.25, 0.3) is 0 Å². The fourth-order valence-electron chi connectivity index (χ4n) is 10.9. The van der Waals surface area contributed by atoms with Gasteiger partial charge in [-0.3, -0.25) is 9.59 Å². The first kappa shape index (κ1) is 35.4. The Labute approximate surface area is 268 Å². The average Bonchev–Trinajstić information content (AvgIpc) is 3.35. The van der Waals surface area contributed by atoms with Crippen LogP contribution in [0.25, 0.3) is 0 Å². The highest BCUT2D eigenvalue weighted by Gasteiger charge is 2.62. The average molecular weight is 617 g/mol. The minimum absolute atomic E-state index is 0.135. The molecule has 4 saturated carbocycles. The summed E-state index contributed by atoms with van der Waals surface area (Å²) >= 11 is 0. The monoisotopic (exact) mass is 616 g/mol. The van der Waals surface area contributed by atoms with Gasteiger partial charge in [-0.1, -0.05) is 53.9 Å². The smallest absolute Gasteiger partial charge is 0.374 e. The molecule has 0 aliphatic heterocycles. The minimum atomic E-state index is -0.732. The Bertz CT molecular complexity index is 985. The number of ether oxygens (including phenoxy) is 2. The molecule has 2 N–H and O–H groups in total. The van der Waals surface area contributed by atoms with Crippen molar-refractivity contribution >= 4 is 17.7 Å². The van der Waals surface area contributed by atoms with Crippen molar-refractivity contribution < 1.29 is 23.9 Å². The Morgan fingerprint density at radius 1 is 0.795 bits per heavy atom. The molecule has 4 aliphatic carbocycles. The number of fused-ring (bicyclic) bond motifs is 5. The number of methoxy groups -OCH3 is 2. The van der Waals surface area contributed by atoms with Crippen molar-refractivity contribution in [1.29, 1.82) is 0 Å². The molecule has 4 fully saturated rings. The van der Waals surface area contributed by atoms with Gasteiger partial charge in [0.2, 0.25) is 5.78 Å². The van der Waals surface area contributed by atoms with Crippen LogP contribution in [-0.2, 0) is 23.9 Å². The molecule has 0 bridgehead atoms. The Morgan fingerprint density at radius 2 is 1.52 bits per heavy atom. The number of carbonyl (C=O) groups is 3. The molecule has 0 aromatic heterocycles. The van der Waals surface area contributed by atoms with Crippen LogP contribution in [0.5, 0.6) is 0 Å². The molecule has 252 valence electrons. The van der Waals surface area contributed by atoms with Crippen LogP contribution in [0.15, 0.2) is 0 Å². The largest absolute Gasteiger partial charge is 0.469 e. The van der Waals surface area contributed by atoms with Gasteiger partial charge in [0.05, 0.1) is 14.2 Å². The first-order chi connectivity index (χ1) is 20.9. The third kappa shape index (κ3) is 7.73. The third-order valence-electron chi connectivity index (χ3n) is 13.3. The van der Waals surface area contributed by atoms with Crippen LogP contribution in [0.3, 0.4) is 0 Å². The molecule has 0 spiro atoms. The molecule has 10 atom stereocenters. The number of hydrogen-bond acceptors (Lipinski definition) is 7. The lowest BCUT2D eigenvalue weighted by Crippen LogP contribution is -2.62. The molecule has 44 heavy (non-hydrogen) atoms. The highest BCUT2D eigenvalue weighted by Crippen LogP contribution is 2.68. The van der Waals surface area contributed by atoms with Crippen LogP contribution in [0.2, 0.25) is 0 Å². The number of esters is 2. The van der Waals surface area contributed by atoms with Crippen molar-refractivity contribution in [2.24, 2.45) is 52.3 Å².